The van der Waals surface area contributed by atoms with Gasteiger partial charge in [-0.05, 0) is 53.5 Å². The average Bonchev–Trinajstić information content (AvgIpc) is 2.39. The van der Waals surface area contributed by atoms with Crippen LogP contribution in [0.2, 0.25) is 5.02 Å². The topological polar surface area (TPSA) is 48.1 Å². The second-order valence-electron chi connectivity index (χ2n) is 4.30. The number of rotatable bonds is 4. The summed E-state index contributed by atoms with van der Waals surface area (Å²) in [7, 11) is 0. The van der Waals surface area contributed by atoms with Crippen LogP contribution in [0.3, 0.4) is 0 Å². The van der Waals surface area contributed by atoms with Gasteiger partial charge in [-0.3, -0.25) is 0 Å². The predicted octanol–water partition coefficient (Wildman–Crippen LogP) is 4.24. The van der Waals surface area contributed by atoms with E-state index in [-0.39, 0.29) is 5.02 Å². The maximum Gasteiger partial charge on any atom is 0.222 e. The molecule has 0 unspecified atom stereocenters. The van der Waals surface area contributed by atoms with Gasteiger partial charge in [0.05, 0.1) is 9.50 Å². The Balaban J connectivity index is 2.28. The molecule has 2 aromatic rings. The van der Waals surface area contributed by atoms with E-state index in [1.165, 1.54) is 12.1 Å². The van der Waals surface area contributed by atoms with Crippen LogP contribution in [0.25, 0.3) is 0 Å². The van der Waals surface area contributed by atoms with Crippen LogP contribution in [0.5, 0.6) is 11.6 Å². The number of ether oxygens (including phenoxy) is 1. The van der Waals surface area contributed by atoms with E-state index in [1.54, 1.807) is 6.20 Å². The Morgan fingerprint density at radius 3 is 2.80 bits per heavy atom. The zero-order chi connectivity index (χ0) is 14.7. The molecule has 1 heterocycles. The molecule has 0 aliphatic rings. The van der Waals surface area contributed by atoms with Gasteiger partial charge in [-0.1, -0.05) is 11.6 Å². The first kappa shape index (κ1) is 15.2. The number of nitrogens with two attached hydrogens (primary N) is 1. The lowest BCUT2D eigenvalue weighted by Gasteiger charge is -2.11. The summed E-state index contributed by atoms with van der Waals surface area (Å²) in [5, 5.41) is 0.0344. The second-order valence-corrected chi connectivity index (χ2v) is 5.56. The summed E-state index contributed by atoms with van der Waals surface area (Å²) >= 11 is 8.97. The molecule has 0 aliphatic heterocycles. The minimum Gasteiger partial charge on any atom is -0.437 e. The van der Waals surface area contributed by atoms with Crippen LogP contribution in [0.4, 0.5) is 4.39 Å². The monoisotopic (exact) mass is 358 g/mol. The van der Waals surface area contributed by atoms with Gasteiger partial charge in [0.1, 0.15) is 11.6 Å². The van der Waals surface area contributed by atoms with E-state index in [4.69, 9.17) is 22.1 Å². The van der Waals surface area contributed by atoms with Gasteiger partial charge in [0.15, 0.2) is 0 Å². The lowest BCUT2D eigenvalue weighted by molar-refractivity contribution is 0.451. The Morgan fingerprint density at radius 1 is 1.40 bits per heavy atom. The Hall–Kier alpha value is -1.17. The van der Waals surface area contributed by atoms with Crippen molar-refractivity contribution in [3.05, 3.63) is 50.8 Å². The van der Waals surface area contributed by atoms with Crippen LogP contribution in [0, 0.1) is 12.7 Å². The molecular weight excluding hydrogens is 347 g/mol. The molecule has 0 radical (unpaired) electrons. The van der Waals surface area contributed by atoms with E-state index in [1.807, 2.05) is 13.0 Å². The fourth-order valence-electron chi connectivity index (χ4n) is 1.72. The Bertz CT molecular complexity index is 637. The molecule has 2 N–H and O–H groups in total. The number of aromatic nitrogens is 1. The van der Waals surface area contributed by atoms with Crippen LogP contribution >= 0.6 is 27.5 Å². The fourth-order valence-corrected chi connectivity index (χ4v) is 2.44. The first-order valence-corrected chi connectivity index (χ1v) is 7.16. The van der Waals surface area contributed by atoms with Gasteiger partial charge in [-0.15, -0.1) is 0 Å². The quantitative estimate of drug-likeness (QED) is 0.831. The molecule has 0 atom stereocenters. The van der Waals surface area contributed by atoms with Crippen molar-refractivity contribution in [2.24, 2.45) is 5.73 Å². The van der Waals surface area contributed by atoms with E-state index < -0.39 is 5.82 Å². The highest BCUT2D eigenvalue weighted by Gasteiger charge is 2.11. The van der Waals surface area contributed by atoms with E-state index >= 15 is 0 Å². The van der Waals surface area contributed by atoms with Crippen LogP contribution in [0.15, 0.2) is 28.9 Å². The molecule has 20 heavy (non-hydrogen) atoms. The van der Waals surface area contributed by atoms with Crippen molar-refractivity contribution < 1.29 is 9.13 Å². The third-order valence-corrected chi connectivity index (χ3v) is 3.61. The number of halogens is 3. The molecule has 3 nitrogen and oxygen atoms in total. The van der Waals surface area contributed by atoms with E-state index in [2.05, 4.69) is 20.9 Å². The molecule has 106 valence electrons. The average molecular weight is 360 g/mol. The maximum atomic E-state index is 13.5. The van der Waals surface area contributed by atoms with Gasteiger partial charge in [0.25, 0.3) is 0 Å². The summed E-state index contributed by atoms with van der Waals surface area (Å²) in [4.78, 5) is 4.23. The smallest absolute Gasteiger partial charge is 0.222 e. The SMILES string of the molecule is Cc1cc(CCN)cnc1Oc1cc(F)c(Cl)cc1Br. The van der Waals surface area contributed by atoms with E-state index in [0.717, 1.165) is 17.5 Å². The molecular formula is C14H13BrClFN2O. The lowest BCUT2D eigenvalue weighted by atomic mass is 10.1. The van der Waals surface area contributed by atoms with Gasteiger partial charge in [0.2, 0.25) is 5.88 Å². The van der Waals surface area contributed by atoms with Crippen molar-refractivity contribution in [1.29, 1.82) is 0 Å². The zero-order valence-electron chi connectivity index (χ0n) is 10.8. The van der Waals surface area contributed by atoms with E-state index in [9.17, 15) is 4.39 Å². The van der Waals surface area contributed by atoms with Crippen LogP contribution < -0.4 is 10.5 Å². The zero-order valence-corrected chi connectivity index (χ0v) is 13.1. The number of nitrogens with zero attached hydrogens (tertiary/aromatic N) is 1. The maximum absolute atomic E-state index is 13.5. The van der Waals surface area contributed by atoms with Crippen LogP contribution in [0.1, 0.15) is 11.1 Å². The molecule has 0 fully saturated rings. The van der Waals surface area contributed by atoms with Gasteiger partial charge >= 0.3 is 0 Å². The van der Waals surface area contributed by atoms with Gasteiger partial charge in [-0.25, -0.2) is 9.37 Å². The van der Waals surface area contributed by atoms with Crippen molar-refractivity contribution in [3.8, 4) is 11.6 Å². The minimum atomic E-state index is -0.540. The van der Waals surface area contributed by atoms with Crippen molar-refractivity contribution >= 4 is 27.5 Å². The summed E-state index contributed by atoms with van der Waals surface area (Å²) in [6, 6.07) is 4.63. The molecule has 6 heteroatoms. The molecule has 0 saturated heterocycles. The number of hydrogen-bond acceptors (Lipinski definition) is 3. The van der Waals surface area contributed by atoms with Crippen molar-refractivity contribution in [3.63, 3.8) is 0 Å². The van der Waals surface area contributed by atoms with Gasteiger partial charge in [0, 0.05) is 17.8 Å². The fraction of sp³-hybridized carbons (Fsp3) is 0.214. The molecule has 2 rings (SSSR count). The third-order valence-electron chi connectivity index (χ3n) is 2.70. The number of benzene rings is 1. The second kappa shape index (κ2) is 6.52. The van der Waals surface area contributed by atoms with Crippen molar-refractivity contribution in [1.82, 2.24) is 4.98 Å². The summed E-state index contributed by atoms with van der Waals surface area (Å²) < 4.78 is 19.6. The number of hydrogen-bond donors (Lipinski definition) is 1. The van der Waals surface area contributed by atoms with Crippen LogP contribution in [-0.2, 0) is 6.42 Å². The summed E-state index contributed by atoms with van der Waals surface area (Å²) in [6.07, 6.45) is 2.46. The Labute approximate surface area is 130 Å². The first-order valence-electron chi connectivity index (χ1n) is 5.99. The minimum absolute atomic E-state index is 0.0344. The Kier molecular flexibility index (Phi) is 4.96. The van der Waals surface area contributed by atoms with Gasteiger partial charge in [-0.2, -0.15) is 0 Å². The lowest BCUT2D eigenvalue weighted by Crippen LogP contribution is -2.04. The molecule has 1 aromatic heterocycles. The van der Waals surface area contributed by atoms with E-state index in [0.29, 0.717) is 22.6 Å². The highest BCUT2D eigenvalue weighted by atomic mass is 79.9. The summed E-state index contributed by atoms with van der Waals surface area (Å²) in [6.45, 7) is 2.44. The van der Waals surface area contributed by atoms with Crippen molar-refractivity contribution in [2.45, 2.75) is 13.3 Å². The van der Waals surface area contributed by atoms with Crippen LogP contribution in [-0.4, -0.2) is 11.5 Å². The largest absolute Gasteiger partial charge is 0.437 e. The normalized spacial score (nSPS) is 10.7. The molecule has 0 spiro atoms. The molecule has 1 aromatic carbocycles. The predicted molar refractivity (Wildman–Crippen MR) is 80.9 cm³/mol. The molecule has 0 bridgehead atoms. The molecule has 0 amide bonds. The number of aryl methyl sites for hydroxylation is 1. The number of pyridine rings is 1. The first-order chi connectivity index (χ1) is 9.51. The third kappa shape index (κ3) is 3.48. The summed E-state index contributed by atoms with van der Waals surface area (Å²) in [5.74, 6) is 0.213. The highest BCUT2D eigenvalue weighted by molar-refractivity contribution is 9.10. The molecule has 0 aliphatic carbocycles. The molecule has 0 saturated carbocycles. The van der Waals surface area contributed by atoms with Crippen molar-refractivity contribution in [2.75, 3.05) is 6.54 Å². The Morgan fingerprint density at radius 2 is 2.15 bits per heavy atom. The highest BCUT2D eigenvalue weighted by Crippen LogP contribution is 2.34. The summed E-state index contributed by atoms with van der Waals surface area (Å²) in [5.41, 5.74) is 7.40. The standard InChI is InChI=1S/C14H13BrClFN2O/c1-8-4-9(2-3-18)7-19-14(8)20-13-6-12(17)11(16)5-10(13)15/h4-7H,2-3,18H2,1H3. The van der Waals surface area contributed by atoms with Gasteiger partial charge < -0.3 is 10.5 Å².